The first-order valence-corrected chi connectivity index (χ1v) is 9.32. The predicted molar refractivity (Wildman–Crippen MR) is 110 cm³/mol. The van der Waals surface area contributed by atoms with Crippen LogP contribution in [0.2, 0.25) is 0 Å². The van der Waals surface area contributed by atoms with Gasteiger partial charge in [0, 0.05) is 25.3 Å². The van der Waals surface area contributed by atoms with Crippen molar-refractivity contribution in [3.63, 3.8) is 0 Å². The number of hydrogen-bond donors (Lipinski definition) is 1. The normalized spacial score (nSPS) is 10.6. The molecule has 0 aromatic heterocycles. The van der Waals surface area contributed by atoms with Crippen LogP contribution in [0.1, 0.15) is 18.1 Å². The van der Waals surface area contributed by atoms with Gasteiger partial charge in [-0.3, -0.25) is 4.90 Å². The molecule has 1 amide bonds. The van der Waals surface area contributed by atoms with Crippen molar-refractivity contribution in [1.82, 2.24) is 0 Å². The van der Waals surface area contributed by atoms with Crippen LogP contribution in [0.3, 0.4) is 0 Å². The largest absolute Gasteiger partial charge is 0.465 e. The zero-order valence-electron chi connectivity index (χ0n) is 16.1. The summed E-state index contributed by atoms with van der Waals surface area (Å²) in [4.78, 5) is 13.8. The smallest absolute Gasteiger partial charge is 0.411 e. The lowest BCUT2D eigenvalue weighted by Crippen LogP contribution is -2.31. The first kappa shape index (κ1) is 20.3. The van der Waals surface area contributed by atoms with Crippen molar-refractivity contribution >= 4 is 17.5 Å². The summed E-state index contributed by atoms with van der Waals surface area (Å²) in [5.74, 6) is -1.81. The molecule has 0 fully saturated rings. The van der Waals surface area contributed by atoms with E-state index in [1.165, 1.54) is 19.1 Å². The average Bonchev–Trinajstić information content (AvgIpc) is 2.71. The second-order valence-corrected chi connectivity index (χ2v) is 6.61. The maximum atomic E-state index is 14.8. The molecule has 3 rings (SSSR count). The number of hydrogen-bond acceptors (Lipinski definition) is 2. The van der Waals surface area contributed by atoms with Gasteiger partial charge in [-0.05, 0) is 30.2 Å². The first-order valence-electron chi connectivity index (χ1n) is 9.32. The first-order chi connectivity index (χ1) is 14.0. The predicted octanol–water partition coefficient (Wildman–Crippen LogP) is 5.68. The van der Waals surface area contributed by atoms with Crippen LogP contribution in [0.4, 0.5) is 25.0 Å². The minimum Gasteiger partial charge on any atom is -0.465 e. The molecule has 0 aliphatic heterocycles. The molecule has 0 saturated carbocycles. The highest BCUT2D eigenvalue weighted by Gasteiger charge is 2.23. The Bertz CT molecular complexity index is 901. The third kappa shape index (κ3) is 4.90. The number of carbonyl (C=O) groups is 1. The van der Waals surface area contributed by atoms with Crippen molar-refractivity contribution in [3.8, 4) is 0 Å². The monoisotopic (exact) mass is 396 g/mol. The van der Waals surface area contributed by atoms with Gasteiger partial charge in [0.25, 0.3) is 0 Å². The molecule has 1 N–H and O–H groups in total. The van der Waals surface area contributed by atoms with Gasteiger partial charge in [-0.25, -0.2) is 13.6 Å². The minimum atomic E-state index is -1.40. The van der Waals surface area contributed by atoms with Crippen LogP contribution in [0, 0.1) is 11.6 Å². The van der Waals surface area contributed by atoms with Gasteiger partial charge < -0.3 is 10.0 Å². The van der Waals surface area contributed by atoms with Crippen LogP contribution in [0.15, 0.2) is 72.8 Å². The highest BCUT2D eigenvalue weighted by atomic mass is 19.1. The van der Waals surface area contributed by atoms with Crippen LogP contribution < -0.4 is 9.80 Å². The van der Waals surface area contributed by atoms with Crippen LogP contribution >= 0.6 is 0 Å². The highest BCUT2D eigenvalue weighted by Crippen LogP contribution is 2.30. The van der Waals surface area contributed by atoms with Gasteiger partial charge in [0.2, 0.25) is 0 Å². The van der Waals surface area contributed by atoms with Crippen molar-refractivity contribution in [2.24, 2.45) is 0 Å². The molecule has 0 heterocycles. The second-order valence-electron chi connectivity index (χ2n) is 6.61. The summed E-state index contributed by atoms with van der Waals surface area (Å²) in [6.45, 7) is 2.37. The summed E-state index contributed by atoms with van der Waals surface area (Å²) in [6, 6.07) is 21.6. The Morgan fingerprint density at radius 3 is 1.69 bits per heavy atom. The molecule has 29 heavy (non-hydrogen) atoms. The average molecular weight is 396 g/mol. The summed E-state index contributed by atoms with van der Waals surface area (Å²) >= 11 is 0. The van der Waals surface area contributed by atoms with Crippen LogP contribution in [0.25, 0.3) is 0 Å². The Morgan fingerprint density at radius 1 is 0.862 bits per heavy atom. The Balaban J connectivity index is 1.99. The fourth-order valence-electron chi connectivity index (χ4n) is 3.23. The van der Waals surface area contributed by atoms with Crippen molar-refractivity contribution in [1.29, 1.82) is 0 Å². The number of anilines is 2. The molecule has 3 aromatic rings. The third-order valence-corrected chi connectivity index (χ3v) is 4.62. The van der Waals surface area contributed by atoms with Crippen molar-refractivity contribution in [2.75, 3.05) is 16.3 Å². The van der Waals surface area contributed by atoms with Crippen LogP contribution in [-0.2, 0) is 13.1 Å². The van der Waals surface area contributed by atoms with E-state index in [-0.39, 0.29) is 6.54 Å². The van der Waals surface area contributed by atoms with Gasteiger partial charge in [0.1, 0.15) is 5.69 Å². The zero-order valence-corrected chi connectivity index (χ0v) is 16.1. The quantitative estimate of drug-likeness (QED) is 0.559. The molecule has 0 spiro atoms. The molecule has 3 aromatic carbocycles. The summed E-state index contributed by atoms with van der Waals surface area (Å²) in [5.41, 5.74) is 1.78. The van der Waals surface area contributed by atoms with E-state index in [2.05, 4.69) is 0 Å². The lowest BCUT2D eigenvalue weighted by Gasteiger charge is -2.27. The number of benzene rings is 3. The molecule has 0 saturated heterocycles. The molecule has 0 radical (unpaired) electrons. The number of halogens is 2. The van der Waals surface area contributed by atoms with Gasteiger partial charge in [0.05, 0.1) is 0 Å². The fraction of sp³-hybridized carbons (Fsp3) is 0.174. The minimum absolute atomic E-state index is 0.0553. The molecule has 4 nitrogen and oxygen atoms in total. The van der Waals surface area contributed by atoms with E-state index in [0.717, 1.165) is 11.1 Å². The Hall–Kier alpha value is -3.41. The molecule has 0 atom stereocenters. The van der Waals surface area contributed by atoms with E-state index >= 15 is 0 Å². The number of rotatable bonds is 7. The van der Waals surface area contributed by atoms with Crippen LogP contribution in [0.5, 0.6) is 0 Å². The lowest BCUT2D eigenvalue weighted by molar-refractivity contribution is 0.201. The fourth-order valence-corrected chi connectivity index (χ4v) is 3.23. The Morgan fingerprint density at radius 2 is 1.31 bits per heavy atom. The molecule has 0 bridgehead atoms. The van der Waals surface area contributed by atoms with Crippen LogP contribution in [-0.4, -0.2) is 17.7 Å². The van der Waals surface area contributed by atoms with Gasteiger partial charge in [-0.1, -0.05) is 60.7 Å². The molecule has 0 aliphatic rings. The van der Waals surface area contributed by atoms with Gasteiger partial charge in [-0.2, -0.15) is 0 Å². The second kappa shape index (κ2) is 9.19. The number of carboxylic acid groups (broad SMARTS) is 1. The topological polar surface area (TPSA) is 43.8 Å². The highest BCUT2D eigenvalue weighted by molar-refractivity contribution is 5.86. The maximum Gasteiger partial charge on any atom is 0.411 e. The van der Waals surface area contributed by atoms with Crippen molar-refractivity contribution in [3.05, 3.63) is 95.6 Å². The Labute approximate surface area is 168 Å². The van der Waals surface area contributed by atoms with E-state index in [1.807, 2.05) is 65.6 Å². The summed E-state index contributed by atoms with van der Waals surface area (Å²) in [7, 11) is 0. The number of nitrogens with zero attached hydrogens (tertiary/aromatic N) is 2. The van der Waals surface area contributed by atoms with Gasteiger partial charge >= 0.3 is 6.09 Å². The SMILES string of the molecule is CCN(C(=O)O)c1c(F)cc(N(Cc2ccccc2)Cc2ccccc2)cc1F. The van der Waals surface area contributed by atoms with E-state index < -0.39 is 23.4 Å². The van der Waals surface area contributed by atoms with E-state index in [9.17, 15) is 18.7 Å². The van der Waals surface area contributed by atoms with Gasteiger partial charge in [0.15, 0.2) is 11.6 Å². The van der Waals surface area contributed by atoms with E-state index in [1.54, 1.807) is 0 Å². The van der Waals surface area contributed by atoms with Crippen molar-refractivity contribution in [2.45, 2.75) is 20.0 Å². The molecular weight excluding hydrogens is 374 g/mol. The molecule has 0 aliphatic carbocycles. The molecule has 6 heteroatoms. The third-order valence-electron chi connectivity index (χ3n) is 4.62. The van der Waals surface area contributed by atoms with Crippen molar-refractivity contribution < 1.29 is 18.7 Å². The zero-order chi connectivity index (χ0) is 20.8. The Kier molecular flexibility index (Phi) is 6.44. The van der Waals surface area contributed by atoms with E-state index in [0.29, 0.717) is 23.7 Å². The number of amides is 1. The summed E-state index contributed by atoms with van der Waals surface area (Å²) < 4.78 is 29.5. The molecule has 0 unspecified atom stereocenters. The van der Waals surface area contributed by atoms with Gasteiger partial charge in [-0.15, -0.1) is 0 Å². The summed E-state index contributed by atoms with van der Waals surface area (Å²) in [6.07, 6.45) is -1.40. The standard InChI is InChI=1S/C23H22F2N2O2/c1-2-27(23(28)29)22-20(24)13-19(14-21(22)25)26(15-17-9-5-3-6-10-17)16-18-11-7-4-8-12-18/h3-14H,2,15-16H2,1H3,(H,28,29). The summed E-state index contributed by atoms with van der Waals surface area (Å²) in [5, 5.41) is 9.23. The lowest BCUT2D eigenvalue weighted by atomic mass is 10.1. The maximum absolute atomic E-state index is 14.8. The molecule has 150 valence electrons. The molecular formula is C23H22F2N2O2. The van der Waals surface area contributed by atoms with E-state index in [4.69, 9.17) is 0 Å².